The Balaban J connectivity index is 1.49. The molecule has 48 heavy (non-hydrogen) atoms. The maximum atomic E-state index is 5.33. The number of nitrogens with one attached hydrogen (secondary N) is 2. The highest BCUT2D eigenvalue weighted by molar-refractivity contribution is 5.99. The van der Waals surface area contributed by atoms with Crippen molar-refractivity contribution in [2.45, 2.75) is 0 Å². The molecule has 5 aromatic heterocycles. The summed E-state index contributed by atoms with van der Waals surface area (Å²) < 4.78 is 0. The summed E-state index contributed by atoms with van der Waals surface area (Å²) in [6.07, 6.45) is 15.7. The maximum absolute atomic E-state index is 5.33. The number of rotatable bonds is 4. The van der Waals surface area contributed by atoms with Crippen LogP contribution in [0.15, 0.2) is 134 Å². The summed E-state index contributed by atoms with van der Waals surface area (Å²) in [7, 11) is 0. The minimum atomic E-state index is 0.863. The Morgan fingerprint density at radius 2 is 0.604 bits per heavy atom. The molecule has 0 aliphatic carbocycles. The predicted octanol–water partition coefficient (Wildman–Crippen LogP) is 10.1. The molecule has 0 saturated heterocycles. The summed E-state index contributed by atoms with van der Waals surface area (Å²) in [5.74, 6) is 0. The number of pyridine rings is 2. The molecular weight excluding hydrogens is 589 g/mol. The van der Waals surface area contributed by atoms with Gasteiger partial charge in [-0.25, -0.2) is 9.97 Å². The second kappa shape index (κ2) is 11.6. The molecule has 2 aliphatic heterocycles. The third-order valence-corrected chi connectivity index (χ3v) is 8.82. The van der Waals surface area contributed by atoms with E-state index in [4.69, 9.17) is 9.97 Å². The molecule has 7 aromatic rings. The predicted molar refractivity (Wildman–Crippen MR) is 196 cm³/mol. The van der Waals surface area contributed by atoms with Crippen molar-refractivity contribution in [3.63, 3.8) is 0 Å². The van der Waals surface area contributed by atoms with E-state index in [1.807, 2.05) is 61.2 Å². The second-order valence-corrected chi connectivity index (χ2v) is 11.7. The highest BCUT2D eigenvalue weighted by Crippen LogP contribution is 2.38. The molecule has 6 heteroatoms. The molecule has 0 radical (unpaired) electrons. The van der Waals surface area contributed by atoms with E-state index in [1.165, 1.54) is 0 Å². The molecule has 0 unspecified atom stereocenters. The van der Waals surface area contributed by atoms with E-state index >= 15 is 0 Å². The fourth-order valence-corrected chi connectivity index (χ4v) is 6.67. The van der Waals surface area contributed by atoms with Crippen LogP contribution in [-0.2, 0) is 0 Å². The van der Waals surface area contributed by atoms with E-state index in [9.17, 15) is 0 Å². The van der Waals surface area contributed by atoms with Crippen LogP contribution in [0.25, 0.3) is 90.9 Å². The maximum Gasteiger partial charge on any atom is 0.0737 e. The Morgan fingerprint density at radius 1 is 0.312 bits per heavy atom. The van der Waals surface area contributed by atoms with E-state index in [1.54, 1.807) is 0 Å². The quantitative estimate of drug-likeness (QED) is 0.206. The molecule has 2 aromatic carbocycles. The summed E-state index contributed by atoms with van der Waals surface area (Å²) in [6.45, 7) is 0. The van der Waals surface area contributed by atoms with Gasteiger partial charge in [-0.1, -0.05) is 60.7 Å². The van der Waals surface area contributed by atoms with E-state index < -0.39 is 0 Å². The average Bonchev–Trinajstić information content (AvgIpc) is 3.98. The van der Waals surface area contributed by atoms with Crippen molar-refractivity contribution < 1.29 is 0 Å². The molecule has 9 rings (SSSR count). The van der Waals surface area contributed by atoms with Crippen molar-refractivity contribution in [1.29, 1.82) is 0 Å². The summed E-state index contributed by atoms with van der Waals surface area (Å²) >= 11 is 0. The van der Waals surface area contributed by atoms with Crippen LogP contribution < -0.4 is 0 Å². The summed E-state index contributed by atoms with van der Waals surface area (Å²) in [5.41, 5.74) is 15.6. The molecule has 0 atom stereocenters. The number of benzene rings is 2. The average molecular weight is 617 g/mol. The number of aromatic nitrogens is 6. The van der Waals surface area contributed by atoms with Gasteiger partial charge in [0.2, 0.25) is 0 Å². The highest BCUT2D eigenvalue weighted by atomic mass is 14.8. The molecule has 2 N–H and O–H groups in total. The first-order chi connectivity index (χ1) is 23.8. The van der Waals surface area contributed by atoms with Crippen molar-refractivity contribution in [2.75, 3.05) is 0 Å². The molecule has 6 nitrogen and oxygen atoms in total. The van der Waals surface area contributed by atoms with E-state index in [-0.39, 0.29) is 0 Å². The first-order valence-electron chi connectivity index (χ1n) is 15.9. The second-order valence-electron chi connectivity index (χ2n) is 11.7. The van der Waals surface area contributed by atoms with Gasteiger partial charge in [0, 0.05) is 69.1 Å². The first kappa shape index (κ1) is 27.6. The first-order valence-corrected chi connectivity index (χ1v) is 15.9. The zero-order valence-electron chi connectivity index (χ0n) is 25.8. The van der Waals surface area contributed by atoms with Gasteiger partial charge in [0.05, 0.1) is 22.8 Å². The Labute approximate surface area is 276 Å². The normalized spacial score (nSPS) is 12.0. The van der Waals surface area contributed by atoms with Crippen molar-refractivity contribution in [3.8, 4) is 44.5 Å². The minimum Gasteiger partial charge on any atom is -0.354 e. The van der Waals surface area contributed by atoms with Crippen molar-refractivity contribution >= 4 is 46.4 Å². The standard InChI is InChI=1S/C42H28N6/c1-3-7-27(8-4-1)39-31-11-12-32(45-31)40(28-9-5-2-6-10-28)34-14-16-36(47-34)42(30-21-25-44-26-22-30)38-18-17-37(48-38)41(29-19-23-43-24-20-29)35-15-13-33(39)46-35/h1-26,46-47H. The fourth-order valence-electron chi connectivity index (χ4n) is 6.67. The smallest absolute Gasteiger partial charge is 0.0737 e. The van der Waals surface area contributed by atoms with Gasteiger partial charge in [0.25, 0.3) is 0 Å². The van der Waals surface area contributed by atoms with E-state index in [0.717, 1.165) is 89.4 Å². The number of H-pyrrole nitrogens is 2. The lowest BCUT2D eigenvalue weighted by atomic mass is 10.0. The lowest BCUT2D eigenvalue weighted by Crippen LogP contribution is -1.89. The van der Waals surface area contributed by atoms with Gasteiger partial charge in [-0.15, -0.1) is 0 Å². The zero-order valence-corrected chi connectivity index (χ0v) is 25.8. The van der Waals surface area contributed by atoms with Crippen LogP contribution >= 0.6 is 0 Å². The van der Waals surface area contributed by atoms with Crippen molar-refractivity contribution in [2.24, 2.45) is 0 Å². The van der Waals surface area contributed by atoms with E-state index in [2.05, 4.69) is 117 Å². The molecule has 226 valence electrons. The third kappa shape index (κ3) is 4.84. The Morgan fingerprint density at radius 3 is 0.917 bits per heavy atom. The van der Waals surface area contributed by atoms with Gasteiger partial charge >= 0.3 is 0 Å². The van der Waals surface area contributed by atoms with Gasteiger partial charge in [-0.05, 0) is 95.1 Å². The van der Waals surface area contributed by atoms with Crippen LogP contribution in [0, 0.1) is 0 Å². The van der Waals surface area contributed by atoms with Gasteiger partial charge in [-0.3, -0.25) is 9.97 Å². The van der Waals surface area contributed by atoms with Crippen LogP contribution in [0.4, 0.5) is 0 Å². The number of hydrogen-bond donors (Lipinski definition) is 2. The minimum absolute atomic E-state index is 0.863. The molecule has 0 saturated carbocycles. The molecule has 0 spiro atoms. The third-order valence-electron chi connectivity index (χ3n) is 8.82. The molecular formula is C42H28N6. The van der Waals surface area contributed by atoms with Crippen LogP contribution in [-0.4, -0.2) is 29.9 Å². The molecule has 2 aliphatic rings. The molecule has 8 bridgehead atoms. The summed E-state index contributed by atoms with van der Waals surface area (Å²) in [4.78, 5) is 26.8. The number of hydrogen-bond acceptors (Lipinski definition) is 4. The summed E-state index contributed by atoms with van der Waals surface area (Å²) in [6, 6.07) is 37.6. The van der Waals surface area contributed by atoms with Crippen LogP contribution in [0.1, 0.15) is 22.8 Å². The zero-order chi connectivity index (χ0) is 31.9. The summed E-state index contributed by atoms with van der Waals surface area (Å²) in [5, 5.41) is 0. The Bertz CT molecular complexity index is 2180. The SMILES string of the molecule is C1=Cc2nc1c(-c1ccccc1)c1ccc([nH]1)c(-c1ccncc1)c1nc(c(-c3ccncc3)c3ccc([nH]3)c2-c2ccccc2)C=C1. The van der Waals surface area contributed by atoms with Gasteiger partial charge < -0.3 is 9.97 Å². The molecule has 0 fully saturated rings. The van der Waals surface area contributed by atoms with Crippen LogP contribution in [0.5, 0.6) is 0 Å². The number of aromatic amines is 2. The lowest BCUT2D eigenvalue weighted by molar-refractivity contribution is 1.29. The van der Waals surface area contributed by atoms with Crippen LogP contribution in [0.2, 0.25) is 0 Å². The van der Waals surface area contributed by atoms with E-state index in [0.29, 0.717) is 0 Å². The van der Waals surface area contributed by atoms with Gasteiger partial charge in [-0.2, -0.15) is 0 Å². The molecule has 7 heterocycles. The van der Waals surface area contributed by atoms with Crippen LogP contribution in [0.3, 0.4) is 0 Å². The highest BCUT2D eigenvalue weighted by Gasteiger charge is 2.18. The number of nitrogens with zero attached hydrogens (tertiary/aromatic N) is 4. The van der Waals surface area contributed by atoms with Crippen molar-refractivity contribution in [1.82, 2.24) is 29.9 Å². The van der Waals surface area contributed by atoms with Gasteiger partial charge in [0.1, 0.15) is 0 Å². The lowest BCUT2D eigenvalue weighted by Gasteiger charge is -2.06. The Kier molecular flexibility index (Phi) is 6.68. The topological polar surface area (TPSA) is 83.1 Å². The monoisotopic (exact) mass is 616 g/mol. The Hall–Kier alpha value is -6.66. The van der Waals surface area contributed by atoms with Gasteiger partial charge in [0.15, 0.2) is 0 Å². The number of fused-ring (bicyclic) bond motifs is 8. The largest absolute Gasteiger partial charge is 0.354 e. The molecule has 0 amide bonds. The van der Waals surface area contributed by atoms with Crippen molar-refractivity contribution in [3.05, 3.63) is 157 Å². The fraction of sp³-hybridized carbons (Fsp3) is 0.